The van der Waals surface area contributed by atoms with Gasteiger partial charge < -0.3 is 10.1 Å². The van der Waals surface area contributed by atoms with Gasteiger partial charge in [-0.15, -0.1) is 0 Å². The van der Waals surface area contributed by atoms with Crippen molar-refractivity contribution in [3.8, 4) is 17.0 Å². The third-order valence-corrected chi connectivity index (χ3v) is 6.33. The molecule has 0 spiro atoms. The van der Waals surface area contributed by atoms with E-state index in [1.807, 2.05) is 44.3 Å². The number of pyridine rings is 1. The lowest BCUT2D eigenvalue weighted by Gasteiger charge is -2.29. The molecular formula is C25H30N4O2. The normalized spacial score (nSPS) is 18.5. The first kappa shape index (κ1) is 21.1. The molecule has 162 valence electrons. The second-order valence-corrected chi connectivity index (χ2v) is 8.43. The molecule has 0 radical (unpaired) electrons. The van der Waals surface area contributed by atoms with E-state index in [1.165, 1.54) is 5.56 Å². The van der Waals surface area contributed by atoms with Crippen molar-refractivity contribution < 1.29 is 9.53 Å². The van der Waals surface area contributed by atoms with Crippen LogP contribution in [-0.4, -0.2) is 34.7 Å². The van der Waals surface area contributed by atoms with Crippen molar-refractivity contribution in [2.45, 2.75) is 45.4 Å². The lowest BCUT2D eigenvalue weighted by atomic mass is 9.79. The first-order valence-corrected chi connectivity index (χ1v) is 11.0. The van der Waals surface area contributed by atoms with Gasteiger partial charge in [-0.3, -0.25) is 14.9 Å². The van der Waals surface area contributed by atoms with Gasteiger partial charge in [0, 0.05) is 29.7 Å². The number of carbonyl (C=O) groups excluding carboxylic acids is 1. The monoisotopic (exact) mass is 418 g/mol. The largest absolute Gasteiger partial charge is 0.496 e. The van der Waals surface area contributed by atoms with Crippen molar-refractivity contribution in [1.82, 2.24) is 20.5 Å². The Kier molecular flexibility index (Phi) is 6.35. The van der Waals surface area contributed by atoms with Gasteiger partial charge in [0.15, 0.2) is 0 Å². The highest BCUT2D eigenvalue weighted by Gasteiger charge is 2.25. The minimum Gasteiger partial charge on any atom is -0.496 e. The van der Waals surface area contributed by atoms with Gasteiger partial charge in [-0.25, -0.2) is 0 Å². The standard InChI is InChI=1S/C25H30N4O2/c1-16-14-20(12-13-26-16)19-10-8-18(9-11-19)15-27-25(30)23-17(2)28-29-24(23)21-6-4-5-7-22(21)31-3/h4-7,12-14,18-19H,8-11,15H2,1-3H3,(H,27,30)(H,28,29). The Morgan fingerprint density at radius 2 is 1.94 bits per heavy atom. The number of nitrogens with one attached hydrogen (secondary N) is 2. The topological polar surface area (TPSA) is 79.9 Å². The summed E-state index contributed by atoms with van der Waals surface area (Å²) in [6, 6.07) is 12.0. The summed E-state index contributed by atoms with van der Waals surface area (Å²) in [7, 11) is 1.63. The molecule has 0 unspecified atom stereocenters. The molecule has 6 nitrogen and oxygen atoms in total. The summed E-state index contributed by atoms with van der Waals surface area (Å²) >= 11 is 0. The molecule has 0 bridgehead atoms. The van der Waals surface area contributed by atoms with Crippen LogP contribution < -0.4 is 10.1 Å². The van der Waals surface area contributed by atoms with Crippen molar-refractivity contribution in [2.24, 2.45) is 5.92 Å². The van der Waals surface area contributed by atoms with Crippen LogP contribution in [0.1, 0.15) is 58.9 Å². The van der Waals surface area contributed by atoms with Crippen LogP contribution in [0.4, 0.5) is 0 Å². The molecule has 3 aromatic rings. The Morgan fingerprint density at radius 3 is 2.68 bits per heavy atom. The number of ether oxygens (including phenoxy) is 1. The molecule has 4 rings (SSSR count). The predicted molar refractivity (Wildman–Crippen MR) is 121 cm³/mol. The van der Waals surface area contributed by atoms with Crippen molar-refractivity contribution in [2.75, 3.05) is 13.7 Å². The Balaban J connectivity index is 1.39. The van der Waals surface area contributed by atoms with Gasteiger partial charge in [-0.2, -0.15) is 5.10 Å². The zero-order chi connectivity index (χ0) is 21.8. The molecule has 0 saturated heterocycles. The molecule has 1 saturated carbocycles. The second-order valence-electron chi connectivity index (χ2n) is 8.43. The van der Waals surface area contributed by atoms with Crippen LogP contribution in [0.25, 0.3) is 11.3 Å². The Labute approximate surface area is 183 Å². The van der Waals surface area contributed by atoms with Crippen LogP contribution in [-0.2, 0) is 0 Å². The smallest absolute Gasteiger partial charge is 0.255 e. The number of benzene rings is 1. The lowest BCUT2D eigenvalue weighted by Crippen LogP contribution is -2.31. The first-order chi connectivity index (χ1) is 15.1. The van der Waals surface area contributed by atoms with E-state index in [2.05, 4.69) is 32.6 Å². The summed E-state index contributed by atoms with van der Waals surface area (Å²) < 4.78 is 5.46. The lowest BCUT2D eigenvalue weighted by molar-refractivity contribution is 0.0943. The third-order valence-electron chi connectivity index (χ3n) is 6.33. The number of rotatable bonds is 6. The van der Waals surface area contributed by atoms with Crippen LogP contribution in [0.5, 0.6) is 5.75 Å². The van der Waals surface area contributed by atoms with E-state index in [-0.39, 0.29) is 5.91 Å². The number of carbonyl (C=O) groups is 1. The number of hydrogen-bond donors (Lipinski definition) is 2. The third kappa shape index (κ3) is 4.63. The molecule has 0 atom stereocenters. The number of hydrogen-bond acceptors (Lipinski definition) is 4. The molecule has 2 N–H and O–H groups in total. The molecule has 1 aliphatic carbocycles. The number of H-pyrrole nitrogens is 1. The fourth-order valence-corrected chi connectivity index (χ4v) is 4.59. The number of nitrogens with zero attached hydrogens (tertiary/aromatic N) is 2. The number of aromatic nitrogens is 3. The van der Waals surface area contributed by atoms with Gasteiger partial charge in [0.1, 0.15) is 11.4 Å². The minimum absolute atomic E-state index is 0.0842. The first-order valence-electron chi connectivity index (χ1n) is 11.0. The molecule has 6 heteroatoms. The predicted octanol–water partition coefficient (Wildman–Crippen LogP) is 4.80. The molecule has 1 aromatic carbocycles. The van der Waals surface area contributed by atoms with E-state index in [0.717, 1.165) is 42.6 Å². The van der Waals surface area contributed by atoms with Gasteiger partial charge >= 0.3 is 0 Å². The van der Waals surface area contributed by atoms with Crippen LogP contribution in [0, 0.1) is 19.8 Å². The number of methoxy groups -OCH3 is 1. The van der Waals surface area contributed by atoms with Gasteiger partial charge in [0.05, 0.1) is 12.7 Å². The molecular weight excluding hydrogens is 388 g/mol. The van der Waals surface area contributed by atoms with E-state index >= 15 is 0 Å². The molecule has 2 heterocycles. The maximum absolute atomic E-state index is 13.1. The molecule has 0 aliphatic heterocycles. The summed E-state index contributed by atoms with van der Waals surface area (Å²) in [6.45, 7) is 4.61. The maximum atomic E-state index is 13.1. The van der Waals surface area contributed by atoms with Gasteiger partial charge in [0.2, 0.25) is 0 Å². The minimum atomic E-state index is -0.0842. The van der Waals surface area contributed by atoms with E-state index in [9.17, 15) is 4.79 Å². The van der Waals surface area contributed by atoms with E-state index in [0.29, 0.717) is 35.4 Å². The zero-order valence-electron chi connectivity index (χ0n) is 18.4. The van der Waals surface area contributed by atoms with Gasteiger partial charge in [0.25, 0.3) is 5.91 Å². The molecule has 1 fully saturated rings. The number of aromatic amines is 1. The SMILES string of the molecule is COc1ccccc1-c1n[nH]c(C)c1C(=O)NCC1CCC(c2ccnc(C)c2)CC1. The second kappa shape index (κ2) is 9.33. The quantitative estimate of drug-likeness (QED) is 0.603. The molecule has 1 aliphatic rings. The van der Waals surface area contributed by atoms with E-state index in [4.69, 9.17) is 4.74 Å². The fourth-order valence-electron chi connectivity index (χ4n) is 4.59. The molecule has 31 heavy (non-hydrogen) atoms. The Hall–Kier alpha value is -3.15. The molecule has 1 amide bonds. The Morgan fingerprint density at radius 1 is 1.16 bits per heavy atom. The highest BCUT2D eigenvalue weighted by molar-refractivity contribution is 6.01. The zero-order valence-corrected chi connectivity index (χ0v) is 18.4. The molecule has 2 aromatic heterocycles. The van der Waals surface area contributed by atoms with E-state index < -0.39 is 0 Å². The summed E-state index contributed by atoms with van der Waals surface area (Å²) in [4.78, 5) is 17.4. The van der Waals surface area contributed by atoms with Crippen molar-refractivity contribution in [3.63, 3.8) is 0 Å². The van der Waals surface area contributed by atoms with Crippen LogP contribution >= 0.6 is 0 Å². The summed E-state index contributed by atoms with van der Waals surface area (Å²) in [5, 5.41) is 10.5. The number of para-hydroxylation sites is 1. The van der Waals surface area contributed by atoms with Crippen LogP contribution in [0.15, 0.2) is 42.6 Å². The fraction of sp³-hybridized carbons (Fsp3) is 0.400. The summed E-state index contributed by atoms with van der Waals surface area (Å²) in [5.41, 5.74) is 5.26. The Bertz CT molecular complexity index is 1050. The highest BCUT2D eigenvalue weighted by atomic mass is 16.5. The average molecular weight is 419 g/mol. The van der Waals surface area contributed by atoms with Crippen molar-refractivity contribution in [3.05, 3.63) is 65.1 Å². The maximum Gasteiger partial charge on any atom is 0.255 e. The van der Waals surface area contributed by atoms with Gasteiger partial charge in [-0.05, 0) is 81.2 Å². The van der Waals surface area contributed by atoms with Crippen LogP contribution in [0.2, 0.25) is 0 Å². The number of amides is 1. The summed E-state index contributed by atoms with van der Waals surface area (Å²) in [6.07, 6.45) is 6.46. The van der Waals surface area contributed by atoms with Crippen LogP contribution in [0.3, 0.4) is 0 Å². The number of aryl methyl sites for hydroxylation is 2. The van der Waals surface area contributed by atoms with Crippen molar-refractivity contribution >= 4 is 5.91 Å². The van der Waals surface area contributed by atoms with Gasteiger partial charge in [-0.1, -0.05) is 12.1 Å². The van der Waals surface area contributed by atoms with E-state index in [1.54, 1.807) is 7.11 Å². The average Bonchev–Trinajstić information content (AvgIpc) is 3.19. The van der Waals surface area contributed by atoms with Crippen molar-refractivity contribution in [1.29, 1.82) is 0 Å². The summed E-state index contributed by atoms with van der Waals surface area (Å²) in [5.74, 6) is 1.72. The highest BCUT2D eigenvalue weighted by Crippen LogP contribution is 2.36.